The first-order valence-corrected chi connectivity index (χ1v) is 7.93. The molecule has 3 rings (SSSR count). The van der Waals surface area contributed by atoms with Crippen molar-refractivity contribution in [1.82, 2.24) is 10.3 Å². The largest absolute Gasteiger partial charge is 0.382 e. The molecule has 1 aromatic heterocycles. The zero-order valence-corrected chi connectivity index (χ0v) is 12.3. The first kappa shape index (κ1) is 14.3. The summed E-state index contributed by atoms with van der Waals surface area (Å²) in [6.07, 6.45) is 8.96. The van der Waals surface area contributed by atoms with Crippen LogP contribution in [0.1, 0.15) is 49.0 Å². The minimum Gasteiger partial charge on any atom is -0.382 e. The number of nitrogens with zero attached hydrogens (tertiary/aromatic N) is 1. The van der Waals surface area contributed by atoms with Crippen LogP contribution >= 0.6 is 0 Å². The molecule has 1 amide bonds. The van der Waals surface area contributed by atoms with Gasteiger partial charge in [0.15, 0.2) is 0 Å². The highest BCUT2D eigenvalue weighted by Crippen LogP contribution is 2.22. The molecule has 0 bridgehead atoms. The Morgan fingerprint density at radius 3 is 2.90 bits per heavy atom. The Balaban J connectivity index is 1.54. The third-order valence-corrected chi connectivity index (χ3v) is 4.23. The molecule has 1 saturated carbocycles. The van der Waals surface area contributed by atoms with E-state index in [1.165, 1.54) is 25.7 Å². The number of nitrogens with one attached hydrogen (secondary N) is 2. The Hall–Kier alpha value is -1.62. The average Bonchev–Trinajstić information content (AvgIpc) is 3.18. The quantitative estimate of drug-likeness (QED) is 0.873. The predicted octanol–water partition coefficient (Wildman–Crippen LogP) is 2.34. The average molecular weight is 289 g/mol. The summed E-state index contributed by atoms with van der Waals surface area (Å²) in [4.78, 5) is 16.3. The van der Waals surface area contributed by atoms with E-state index in [-0.39, 0.29) is 12.0 Å². The van der Waals surface area contributed by atoms with Crippen LogP contribution in [0.5, 0.6) is 0 Å². The second-order valence-corrected chi connectivity index (χ2v) is 5.90. The maximum absolute atomic E-state index is 12.1. The fourth-order valence-electron chi connectivity index (χ4n) is 3.05. The van der Waals surface area contributed by atoms with Gasteiger partial charge in [0.05, 0.1) is 6.10 Å². The second kappa shape index (κ2) is 6.89. The van der Waals surface area contributed by atoms with Gasteiger partial charge in [-0.1, -0.05) is 12.8 Å². The van der Waals surface area contributed by atoms with Crippen molar-refractivity contribution in [3.05, 3.63) is 24.0 Å². The molecule has 2 N–H and O–H groups in total. The van der Waals surface area contributed by atoms with Gasteiger partial charge in [-0.2, -0.15) is 0 Å². The monoisotopic (exact) mass is 289 g/mol. The van der Waals surface area contributed by atoms with Crippen molar-refractivity contribution < 1.29 is 9.53 Å². The molecule has 1 atom stereocenters. The van der Waals surface area contributed by atoms with Gasteiger partial charge in [-0.15, -0.1) is 0 Å². The molecule has 1 unspecified atom stereocenters. The first-order chi connectivity index (χ1) is 10.3. The molecule has 1 aliphatic heterocycles. The minimum absolute atomic E-state index is 0.124. The summed E-state index contributed by atoms with van der Waals surface area (Å²) >= 11 is 0. The van der Waals surface area contributed by atoms with E-state index >= 15 is 0 Å². The smallest absolute Gasteiger partial charge is 0.270 e. The number of anilines is 1. The minimum atomic E-state index is -0.124. The molecule has 5 heteroatoms. The zero-order chi connectivity index (χ0) is 14.5. The van der Waals surface area contributed by atoms with E-state index < -0.39 is 0 Å². The van der Waals surface area contributed by atoms with Crippen LogP contribution in [-0.4, -0.2) is 36.2 Å². The van der Waals surface area contributed by atoms with Gasteiger partial charge >= 0.3 is 0 Å². The summed E-state index contributed by atoms with van der Waals surface area (Å²) in [7, 11) is 0. The van der Waals surface area contributed by atoms with Gasteiger partial charge in [0.2, 0.25) is 0 Å². The van der Waals surface area contributed by atoms with Crippen LogP contribution in [0, 0.1) is 0 Å². The van der Waals surface area contributed by atoms with Crippen LogP contribution in [0.4, 0.5) is 5.69 Å². The topological polar surface area (TPSA) is 63.2 Å². The van der Waals surface area contributed by atoms with E-state index in [4.69, 9.17) is 4.74 Å². The molecule has 114 valence electrons. The van der Waals surface area contributed by atoms with Crippen LogP contribution in [-0.2, 0) is 4.74 Å². The first-order valence-electron chi connectivity index (χ1n) is 7.93. The highest BCUT2D eigenvalue weighted by Gasteiger charge is 2.18. The predicted molar refractivity (Wildman–Crippen MR) is 81.4 cm³/mol. The van der Waals surface area contributed by atoms with E-state index in [0.717, 1.165) is 25.1 Å². The van der Waals surface area contributed by atoms with Crippen molar-refractivity contribution in [2.45, 2.75) is 50.7 Å². The number of carbonyl (C=O) groups is 1. The van der Waals surface area contributed by atoms with Crippen molar-refractivity contribution in [1.29, 1.82) is 0 Å². The van der Waals surface area contributed by atoms with E-state index in [1.807, 2.05) is 12.1 Å². The molecular formula is C16H23N3O2. The van der Waals surface area contributed by atoms with Gasteiger partial charge in [0, 0.05) is 31.1 Å². The van der Waals surface area contributed by atoms with Gasteiger partial charge in [0.1, 0.15) is 5.69 Å². The Labute approximate surface area is 125 Å². The lowest BCUT2D eigenvalue weighted by molar-refractivity contribution is 0.0854. The Morgan fingerprint density at radius 1 is 1.29 bits per heavy atom. The lowest BCUT2D eigenvalue weighted by Gasteiger charge is -2.14. The van der Waals surface area contributed by atoms with Crippen LogP contribution in [0.2, 0.25) is 0 Å². The fraction of sp³-hybridized carbons (Fsp3) is 0.625. The molecule has 2 aliphatic rings. The molecular weight excluding hydrogens is 266 g/mol. The molecule has 0 aromatic carbocycles. The molecule has 1 saturated heterocycles. The van der Waals surface area contributed by atoms with Crippen molar-refractivity contribution in [2.24, 2.45) is 0 Å². The van der Waals surface area contributed by atoms with Crippen molar-refractivity contribution in [3.63, 3.8) is 0 Å². The summed E-state index contributed by atoms with van der Waals surface area (Å²) in [5.41, 5.74) is 1.45. The lowest BCUT2D eigenvalue weighted by Crippen LogP contribution is -2.32. The van der Waals surface area contributed by atoms with Gasteiger partial charge < -0.3 is 15.4 Å². The van der Waals surface area contributed by atoms with Crippen molar-refractivity contribution >= 4 is 11.6 Å². The lowest BCUT2D eigenvalue weighted by atomic mass is 10.2. The number of carbonyl (C=O) groups excluding carboxylic acids is 1. The molecule has 0 radical (unpaired) electrons. The number of pyridine rings is 1. The van der Waals surface area contributed by atoms with Crippen molar-refractivity contribution in [2.75, 3.05) is 18.5 Å². The van der Waals surface area contributed by atoms with Crippen LogP contribution in [0.25, 0.3) is 0 Å². The van der Waals surface area contributed by atoms with Gasteiger partial charge in [-0.3, -0.25) is 9.78 Å². The maximum Gasteiger partial charge on any atom is 0.270 e. The summed E-state index contributed by atoms with van der Waals surface area (Å²) in [5.74, 6) is -0.124. The Bertz CT molecular complexity index is 480. The fourth-order valence-corrected chi connectivity index (χ4v) is 3.05. The van der Waals surface area contributed by atoms with Crippen LogP contribution < -0.4 is 10.6 Å². The molecule has 2 fully saturated rings. The standard InChI is InChI=1S/C16H23N3O2/c20-16(18-11-14-6-3-9-21-14)15-10-13(7-8-17-15)19-12-4-1-2-5-12/h7-8,10,12,14H,1-6,9,11H2,(H,17,19)(H,18,20). The number of amides is 1. The molecule has 2 heterocycles. The van der Waals surface area contributed by atoms with E-state index in [1.54, 1.807) is 6.20 Å². The third-order valence-electron chi connectivity index (χ3n) is 4.23. The summed E-state index contributed by atoms with van der Waals surface area (Å²) in [5, 5.41) is 6.40. The third kappa shape index (κ3) is 3.94. The number of hydrogen-bond acceptors (Lipinski definition) is 4. The molecule has 21 heavy (non-hydrogen) atoms. The molecule has 1 aromatic rings. The van der Waals surface area contributed by atoms with Crippen LogP contribution in [0.3, 0.4) is 0 Å². The number of aromatic nitrogens is 1. The number of rotatable bonds is 5. The van der Waals surface area contributed by atoms with E-state index in [0.29, 0.717) is 18.3 Å². The molecule has 0 spiro atoms. The normalized spacial score (nSPS) is 22.4. The summed E-state index contributed by atoms with van der Waals surface area (Å²) in [6.45, 7) is 1.38. The Morgan fingerprint density at radius 2 is 2.14 bits per heavy atom. The van der Waals surface area contributed by atoms with Gasteiger partial charge in [-0.25, -0.2) is 0 Å². The SMILES string of the molecule is O=C(NCC1CCCO1)c1cc(NC2CCCC2)ccn1. The zero-order valence-electron chi connectivity index (χ0n) is 12.3. The highest BCUT2D eigenvalue weighted by molar-refractivity contribution is 5.93. The molecule has 5 nitrogen and oxygen atoms in total. The second-order valence-electron chi connectivity index (χ2n) is 5.90. The number of ether oxygens (including phenoxy) is 1. The van der Waals surface area contributed by atoms with E-state index in [2.05, 4.69) is 15.6 Å². The highest BCUT2D eigenvalue weighted by atomic mass is 16.5. The number of hydrogen-bond donors (Lipinski definition) is 2. The van der Waals surface area contributed by atoms with Crippen molar-refractivity contribution in [3.8, 4) is 0 Å². The maximum atomic E-state index is 12.1. The molecule has 1 aliphatic carbocycles. The Kier molecular flexibility index (Phi) is 4.70. The van der Waals surface area contributed by atoms with Gasteiger partial charge in [0.25, 0.3) is 5.91 Å². The summed E-state index contributed by atoms with van der Waals surface area (Å²) < 4.78 is 5.50. The summed E-state index contributed by atoms with van der Waals surface area (Å²) in [6, 6.07) is 4.30. The van der Waals surface area contributed by atoms with Gasteiger partial charge in [-0.05, 0) is 37.8 Å². The van der Waals surface area contributed by atoms with E-state index in [9.17, 15) is 4.79 Å². The van der Waals surface area contributed by atoms with Crippen LogP contribution in [0.15, 0.2) is 18.3 Å².